The van der Waals surface area contributed by atoms with Gasteiger partial charge in [-0.15, -0.1) is 0 Å². The zero-order valence-corrected chi connectivity index (χ0v) is 7.76. The fraction of sp³-hybridized carbons (Fsp3) is 0.750. The van der Waals surface area contributed by atoms with Crippen molar-refractivity contribution in [3.8, 4) is 0 Å². The molecule has 0 amide bonds. The first-order valence-electron chi connectivity index (χ1n) is 4.12. The summed E-state index contributed by atoms with van der Waals surface area (Å²) in [5, 5.41) is 25.1. The van der Waals surface area contributed by atoms with Crippen LogP contribution in [0.25, 0.3) is 0 Å². The van der Waals surface area contributed by atoms with Gasteiger partial charge in [-0.25, -0.2) is 4.89 Å². The van der Waals surface area contributed by atoms with Gasteiger partial charge in [-0.2, -0.15) is 0 Å². The van der Waals surface area contributed by atoms with E-state index in [-0.39, 0.29) is 5.92 Å². The molecule has 1 saturated carbocycles. The standard InChI is InChI=1S/C7H12O3.CH2O3/c1-7(10-9)4-2-3-6(7)5-8;2-1(3)4/h5-6,9H,2-4H2,1H3;(H2,2,3,4)/p-2. The zero-order chi connectivity index (χ0) is 11.2. The van der Waals surface area contributed by atoms with Gasteiger partial charge in [0.15, 0.2) is 0 Å². The molecule has 6 heteroatoms. The third-order valence-electron chi connectivity index (χ3n) is 2.35. The minimum Gasteiger partial charge on any atom is -0.652 e. The van der Waals surface area contributed by atoms with E-state index >= 15 is 0 Å². The first kappa shape index (κ1) is 12.9. The van der Waals surface area contributed by atoms with Crippen LogP contribution in [-0.2, 0) is 9.68 Å². The van der Waals surface area contributed by atoms with Crippen LogP contribution in [0.1, 0.15) is 26.2 Å². The topological polar surface area (TPSA) is 110 Å². The van der Waals surface area contributed by atoms with Crippen molar-refractivity contribution in [1.29, 1.82) is 0 Å². The van der Waals surface area contributed by atoms with E-state index in [4.69, 9.17) is 20.3 Å². The Kier molecular flexibility index (Phi) is 5.11. The van der Waals surface area contributed by atoms with Crippen LogP contribution < -0.4 is 10.2 Å². The summed E-state index contributed by atoms with van der Waals surface area (Å²) in [7, 11) is 0. The van der Waals surface area contributed by atoms with E-state index in [1.54, 1.807) is 6.92 Å². The molecule has 1 aliphatic rings. The number of carbonyl (C=O) groups is 2. The van der Waals surface area contributed by atoms with Gasteiger partial charge in [-0.1, -0.05) is 0 Å². The predicted octanol–water partition coefficient (Wildman–Crippen LogP) is -1.21. The Balaban J connectivity index is 0.000000364. The molecule has 0 aromatic heterocycles. The van der Waals surface area contributed by atoms with Gasteiger partial charge in [0.25, 0.3) is 0 Å². The Morgan fingerprint density at radius 3 is 2.43 bits per heavy atom. The lowest BCUT2D eigenvalue weighted by Crippen LogP contribution is -2.37. The van der Waals surface area contributed by atoms with Crippen molar-refractivity contribution in [1.82, 2.24) is 0 Å². The number of carboxylic acid groups (broad SMARTS) is 2. The Labute approximate surface area is 81.0 Å². The van der Waals surface area contributed by atoms with Crippen LogP contribution in [0.3, 0.4) is 0 Å². The van der Waals surface area contributed by atoms with Crippen LogP contribution in [0.15, 0.2) is 0 Å². The Bertz CT molecular complexity index is 200. The summed E-state index contributed by atoms with van der Waals surface area (Å²) >= 11 is 0. The SMILES string of the molecule is CC1(OO)CCCC1C=O.O=C([O-])[O-]. The van der Waals surface area contributed by atoms with Gasteiger partial charge < -0.3 is 19.8 Å². The van der Waals surface area contributed by atoms with E-state index in [0.717, 1.165) is 25.5 Å². The van der Waals surface area contributed by atoms with Gasteiger partial charge in [-0.05, 0) is 32.3 Å². The molecule has 0 bridgehead atoms. The molecule has 82 valence electrons. The molecule has 2 atom stereocenters. The fourth-order valence-corrected chi connectivity index (χ4v) is 1.49. The second-order valence-corrected chi connectivity index (χ2v) is 3.29. The highest BCUT2D eigenvalue weighted by atomic mass is 17.1. The molecular formula is C8H12O6-2. The molecule has 1 fully saturated rings. The van der Waals surface area contributed by atoms with Gasteiger partial charge in [0.05, 0.1) is 0 Å². The van der Waals surface area contributed by atoms with Gasteiger partial charge in [0.2, 0.25) is 0 Å². The molecule has 1 aliphatic carbocycles. The highest BCUT2D eigenvalue weighted by Crippen LogP contribution is 2.36. The highest BCUT2D eigenvalue weighted by Gasteiger charge is 2.40. The van der Waals surface area contributed by atoms with Crippen molar-refractivity contribution in [2.45, 2.75) is 31.8 Å². The van der Waals surface area contributed by atoms with Gasteiger partial charge in [-0.3, -0.25) is 5.26 Å². The van der Waals surface area contributed by atoms with Crippen molar-refractivity contribution < 1.29 is 29.9 Å². The Hall–Kier alpha value is -1.14. The van der Waals surface area contributed by atoms with Crippen molar-refractivity contribution in [3.05, 3.63) is 0 Å². The quantitative estimate of drug-likeness (QED) is 0.343. The summed E-state index contributed by atoms with van der Waals surface area (Å²) < 4.78 is 0. The lowest BCUT2D eigenvalue weighted by molar-refractivity contribution is -0.415. The molecule has 14 heavy (non-hydrogen) atoms. The Morgan fingerprint density at radius 1 is 1.64 bits per heavy atom. The van der Waals surface area contributed by atoms with Crippen molar-refractivity contribution in [2.24, 2.45) is 5.92 Å². The van der Waals surface area contributed by atoms with Crippen LogP contribution >= 0.6 is 0 Å². The summed E-state index contributed by atoms with van der Waals surface area (Å²) in [6, 6.07) is 0. The smallest absolute Gasteiger partial charge is 0.126 e. The maximum absolute atomic E-state index is 10.4. The Morgan fingerprint density at radius 2 is 2.14 bits per heavy atom. The number of carbonyl (C=O) groups excluding carboxylic acids is 2. The average molecular weight is 204 g/mol. The summed E-state index contributed by atoms with van der Waals surface area (Å²) in [4.78, 5) is 23.0. The van der Waals surface area contributed by atoms with Gasteiger partial charge in [0.1, 0.15) is 11.9 Å². The summed E-state index contributed by atoms with van der Waals surface area (Å²) in [6.07, 6.45) is 1.09. The van der Waals surface area contributed by atoms with E-state index in [1.807, 2.05) is 0 Å². The van der Waals surface area contributed by atoms with Gasteiger partial charge >= 0.3 is 0 Å². The monoisotopic (exact) mass is 204 g/mol. The maximum Gasteiger partial charge on any atom is 0.126 e. The molecule has 0 heterocycles. The molecule has 0 aromatic carbocycles. The lowest BCUT2D eigenvalue weighted by Gasteiger charge is -2.23. The third kappa shape index (κ3) is 3.71. The number of rotatable bonds is 2. The van der Waals surface area contributed by atoms with Crippen molar-refractivity contribution in [3.63, 3.8) is 0 Å². The van der Waals surface area contributed by atoms with E-state index in [0.29, 0.717) is 0 Å². The fourth-order valence-electron chi connectivity index (χ4n) is 1.49. The highest BCUT2D eigenvalue weighted by molar-refractivity contribution is 5.56. The molecule has 1 N–H and O–H groups in total. The molecule has 0 aromatic rings. The second-order valence-electron chi connectivity index (χ2n) is 3.29. The van der Waals surface area contributed by atoms with Crippen LogP contribution in [0.2, 0.25) is 0 Å². The average Bonchev–Trinajstić information content (AvgIpc) is 2.47. The predicted molar refractivity (Wildman–Crippen MR) is 40.9 cm³/mol. The lowest BCUT2D eigenvalue weighted by atomic mass is 9.95. The van der Waals surface area contributed by atoms with E-state index in [2.05, 4.69) is 4.89 Å². The van der Waals surface area contributed by atoms with Crippen LogP contribution in [-0.4, -0.2) is 23.3 Å². The number of hydrogen-bond donors (Lipinski definition) is 1. The summed E-state index contributed by atoms with van der Waals surface area (Å²) in [5.41, 5.74) is -0.609. The van der Waals surface area contributed by atoms with E-state index in [9.17, 15) is 4.79 Å². The molecule has 6 nitrogen and oxygen atoms in total. The van der Waals surface area contributed by atoms with Crippen LogP contribution in [0.5, 0.6) is 0 Å². The molecule has 0 saturated heterocycles. The van der Waals surface area contributed by atoms with Crippen LogP contribution in [0.4, 0.5) is 4.79 Å². The minimum atomic E-state index is -2.33. The van der Waals surface area contributed by atoms with E-state index < -0.39 is 11.8 Å². The third-order valence-corrected chi connectivity index (χ3v) is 2.35. The van der Waals surface area contributed by atoms with Crippen molar-refractivity contribution >= 4 is 12.4 Å². The second kappa shape index (κ2) is 5.56. The van der Waals surface area contributed by atoms with Crippen LogP contribution in [0, 0.1) is 5.92 Å². The molecule has 1 rings (SSSR count). The molecule has 0 spiro atoms. The first-order chi connectivity index (χ1) is 6.46. The summed E-state index contributed by atoms with van der Waals surface area (Å²) in [6.45, 7) is 1.76. The molecule has 2 unspecified atom stereocenters. The zero-order valence-electron chi connectivity index (χ0n) is 7.76. The largest absolute Gasteiger partial charge is 0.652 e. The minimum absolute atomic E-state index is 0.127. The maximum atomic E-state index is 10.4. The summed E-state index contributed by atoms with van der Waals surface area (Å²) in [5.74, 6) is -0.127. The van der Waals surface area contributed by atoms with Gasteiger partial charge in [0, 0.05) is 5.92 Å². The number of hydrogen-bond acceptors (Lipinski definition) is 6. The molecule has 0 radical (unpaired) electrons. The number of aldehydes is 1. The van der Waals surface area contributed by atoms with Crippen molar-refractivity contribution in [2.75, 3.05) is 0 Å². The first-order valence-corrected chi connectivity index (χ1v) is 4.12. The molecule has 0 aliphatic heterocycles. The van der Waals surface area contributed by atoms with E-state index in [1.165, 1.54) is 0 Å². The molecular weight excluding hydrogens is 192 g/mol. The normalized spacial score (nSPS) is 30.3.